The van der Waals surface area contributed by atoms with Crippen molar-refractivity contribution in [1.82, 2.24) is 0 Å². The monoisotopic (exact) mass is 796 g/mol. The molecule has 0 radical (unpaired) electrons. The normalized spacial score (nSPS) is 11.9. The third-order valence-electron chi connectivity index (χ3n) is 11.0. The molecular formula is C50H74O2P2Si. The van der Waals surface area contributed by atoms with E-state index < -0.39 is 8.56 Å². The minimum Gasteiger partial charge on any atom is -0.394 e. The van der Waals surface area contributed by atoms with Crippen LogP contribution in [-0.2, 0) is 8.85 Å². The highest BCUT2D eigenvalue weighted by Gasteiger charge is 2.35. The molecule has 0 atom stereocenters. The highest BCUT2D eigenvalue weighted by Crippen LogP contribution is 2.36. The lowest BCUT2D eigenvalue weighted by molar-refractivity contribution is 0.180. The predicted octanol–water partition coefficient (Wildman–Crippen LogP) is 13.8. The fourth-order valence-electron chi connectivity index (χ4n) is 8.03. The van der Waals surface area contributed by atoms with E-state index in [1.54, 1.807) is 0 Å². The first kappa shape index (κ1) is 45.6. The van der Waals surface area contributed by atoms with Crippen LogP contribution in [0.1, 0.15) is 129 Å². The predicted molar refractivity (Wildman–Crippen MR) is 250 cm³/mol. The van der Waals surface area contributed by atoms with Crippen molar-refractivity contribution in [2.24, 2.45) is 0 Å². The molecule has 0 heterocycles. The van der Waals surface area contributed by atoms with Gasteiger partial charge in [-0.1, -0.05) is 224 Å². The Kier molecular flexibility index (Phi) is 24.2. The zero-order valence-corrected chi connectivity index (χ0v) is 37.5. The van der Waals surface area contributed by atoms with Crippen LogP contribution < -0.4 is 21.2 Å². The van der Waals surface area contributed by atoms with Gasteiger partial charge >= 0.3 is 8.56 Å². The van der Waals surface area contributed by atoms with Crippen LogP contribution in [0.15, 0.2) is 121 Å². The van der Waals surface area contributed by atoms with Crippen molar-refractivity contribution >= 4 is 45.6 Å². The van der Waals surface area contributed by atoms with Crippen LogP contribution in [0.3, 0.4) is 0 Å². The fourth-order valence-corrected chi connectivity index (χ4v) is 16.4. The summed E-state index contributed by atoms with van der Waals surface area (Å²) in [5.41, 5.74) is 0. The molecular weight excluding hydrogens is 723 g/mol. The van der Waals surface area contributed by atoms with Gasteiger partial charge in [0.2, 0.25) is 0 Å². The SMILES string of the molecule is CCO[Si](CCCCCCCCCCCP(c1ccccc1)c1ccccc1)(CCCCCCCCCCCP(c1ccccc1)c1ccccc1)OCC. The summed E-state index contributed by atoms with van der Waals surface area (Å²) in [5, 5.41) is 6.07. The van der Waals surface area contributed by atoms with Crippen LogP contribution in [0, 0.1) is 0 Å². The smallest absolute Gasteiger partial charge is 0.338 e. The van der Waals surface area contributed by atoms with Crippen LogP contribution in [0.4, 0.5) is 0 Å². The second-order valence-corrected chi connectivity index (χ2v) is 23.4. The van der Waals surface area contributed by atoms with Crippen molar-refractivity contribution in [3.05, 3.63) is 121 Å². The van der Waals surface area contributed by atoms with Crippen LogP contribution >= 0.6 is 15.8 Å². The zero-order valence-electron chi connectivity index (χ0n) is 34.7. The van der Waals surface area contributed by atoms with E-state index >= 15 is 0 Å². The van der Waals surface area contributed by atoms with Gasteiger partial charge in [0.1, 0.15) is 0 Å². The molecule has 4 rings (SSSR count). The van der Waals surface area contributed by atoms with Gasteiger partial charge in [-0.3, -0.25) is 0 Å². The van der Waals surface area contributed by atoms with Gasteiger partial charge < -0.3 is 8.85 Å². The van der Waals surface area contributed by atoms with Crippen molar-refractivity contribution in [3.8, 4) is 0 Å². The Balaban J connectivity index is 1.01. The highest BCUT2D eigenvalue weighted by molar-refractivity contribution is 7.73. The summed E-state index contributed by atoms with van der Waals surface area (Å²) < 4.78 is 13.0. The van der Waals surface area contributed by atoms with Gasteiger partial charge in [-0.15, -0.1) is 0 Å². The number of rotatable bonds is 32. The third-order valence-corrected chi connectivity index (χ3v) is 20.0. The van der Waals surface area contributed by atoms with E-state index in [4.69, 9.17) is 8.85 Å². The molecule has 0 unspecified atom stereocenters. The molecule has 300 valence electrons. The first-order chi connectivity index (χ1) is 27.2. The Bertz CT molecular complexity index is 1260. The summed E-state index contributed by atoms with van der Waals surface area (Å²) in [7, 11) is -2.57. The van der Waals surface area contributed by atoms with E-state index in [9.17, 15) is 0 Å². The molecule has 0 spiro atoms. The largest absolute Gasteiger partial charge is 0.394 e. The molecule has 55 heavy (non-hydrogen) atoms. The molecule has 5 heteroatoms. The maximum Gasteiger partial charge on any atom is 0.338 e. The lowest BCUT2D eigenvalue weighted by Crippen LogP contribution is -2.42. The Labute approximate surface area is 341 Å². The average Bonchev–Trinajstić information content (AvgIpc) is 3.23. The van der Waals surface area contributed by atoms with E-state index in [2.05, 4.69) is 135 Å². The van der Waals surface area contributed by atoms with Crippen molar-refractivity contribution in [2.75, 3.05) is 25.5 Å². The van der Waals surface area contributed by atoms with Gasteiger partial charge in [-0.25, -0.2) is 0 Å². The third kappa shape index (κ3) is 18.3. The second kappa shape index (κ2) is 29.1. The molecule has 4 aromatic carbocycles. The molecule has 0 aliphatic carbocycles. The highest BCUT2D eigenvalue weighted by atomic mass is 31.1. The van der Waals surface area contributed by atoms with Gasteiger partial charge in [-0.05, 0) is 88.2 Å². The summed E-state index contributed by atoms with van der Waals surface area (Å²) in [5.74, 6) is 0. The van der Waals surface area contributed by atoms with E-state index in [0.717, 1.165) is 13.2 Å². The summed E-state index contributed by atoms with van der Waals surface area (Å²) in [6.07, 6.45) is 27.0. The number of hydrogen-bond donors (Lipinski definition) is 0. The van der Waals surface area contributed by atoms with Gasteiger partial charge in [0, 0.05) is 13.2 Å². The van der Waals surface area contributed by atoms with Gasteiger partial charge in [-0.2, -0.15) is 0 Å². The quantitative estimate of drug-likeness (QED) is 0.0278. The molecule has 2 nitrogen and oxygen atoms in total. The lowest BCUT2D eigenvalue weighted by Gasteiger charge is -2.30. The zero-order chi connectivity index (χ0) is 38.5. The molecule has 0 amide bonds. The summed E-state index contributed by atoms with van der Waals surface area (Å²) in [6.45, 7) is 5.92. The van der Waals surface area contributed by atoms with Crippen molar-refractivity contribution < 1.29 is 8.85 Å². The number of benzene rings is 4. The topological polar surface area (TPSA) is 18.5 Å². The maximum atomic E-state index is 6.50. The average molecular weight is 797 g/mol. The molecule has 0 N–H and O–H groups in total. The van der Waals surface area contributed by atoms with Crippen molar-refractivity contribution in [3.63, 3.8) is 0 Å². The fraction of sp³-hybridized carbons (Fsp3) is 0.520. The molecule has 0 saturated heterocycles. The minimum absolute atomic E-state index is 0.241. The van der Waals surface area contributed by atoms with Gasteiger partial charge in [0.05, 0.1) is 0 Å². The standard InChI is InChI=1S/C50H74O2P2Si/c1-3-51-55(52-4-2,45-33-17-13-9-5-7-11-15-31-43-53(47-35-23-19-24-36-47)48-37-25-20-26-38-48)46-34-18-14-10-6-8-12-16-32-44-54(49-39-27-21-28-40-49)50-41-29-22-30-42-50/h19-30,35-42H,3-18,31-34,43-46H2,1-2H3. The Morgan fingerprint density at radius 3 is 0.818 bits per heavy atom. The van der Waals surface area contributed by atoms with E-state index in [-0.39, 0.29) is 15.8 Å². The number of unbranched alkanes of at least 4 members (excludes halogenated alkanes) is 16. The molecule has 0 aliphatic heterocycles. The van der Waals surface area contributed by atoms with Crippen molar-refractivity contribution in [2.45, 2.75) is 142 Å². The molecule has 4 aromatic rings. The van der Waals surface area contributed by atoms with E-state index in [1.165, 1.54) is 161 Å². The number of hydrogen-bond acceptors (Lipinski definition) is 2. The Hall–Kier alpha value is -2.12. The molecule has 0 fully saturated rings. The van der Waals surface area contributed by atoms with Crippen LogP contribution in [0.2, 0.25) is 12.1 Å². The van der Waals surface area contributed by atoms with Crippen LogP contribution in [0.5, 0.6) is 0 Å². The minimum atomic E-state index is -2.09. The van der Waals surface area contributed by atoms with Crippen LogP contribution in [-0.4, -0.2) is 34.1 Å². The lowest BCUT2D eigenvalue weighted by atomic mass is 10.1. The van der Waals surface area contributed by atoms with E-state index in [0.29, 0.717) is 0 Å². The first-order valence-electron chi connectivity index (χ1n) is 22.3. The summed E-state index contributed by atoms with van der Waals surface area (Å²) >= 11 is 0. The molecule has 0 aliphatic rings. The van der Waals surface area contributed by atoms with E-state index in [1.807, 2.05) is 0 Å². The first-order valence-corrected chi connectivity index (χ1v) is 27.6. The maximum absolute atomic E-state index is 6.50. The van der Waals surface area contributed by atoms with Crippen LogP contribution in [0.25, 0.3) is 0 Å². The van der Waals surface area contributed by atoms with Gasteiger partial charge in [0.15, 0.2) is 0 Å². The Morgan fingerprint density at radius 2 is 0.564 bits per heavy atom. The molecule has 0 bridgehead atoms. The molecule has 0 aromatic heterocycles. The summed E-state index contributed by atoms with van der Waals surface area (Å²) in [4.78, 5) is 0. The van der Waals surface area contributed by atoms with Gasteiger partial charge in [0.25, 0.3) is 0 Å². The van der Waals surface area contributed by atoms with Crippen molar-refractivity contribution in [1.29, 1.82) is 0 Å². The second-order valence-electron chi connectivity index (χ2n) is 15.3. The Morgan fingerprint density at radius 1 is 0.327 bits per heavy atom. The summed E-state index contributed by atoms with van der Waals surface area (Å²) in [6, 6.07) is 47.1. The molecule has 0 saturated carbocycles.